The third kappa shape index (κ3) is 3.71. The van der Waals surface area contributed by atoms with Crippen molar-refractivity contribution < 1.29 is 13.2 Å². The topological polar surface area (TPSA) is 90.5 Å². The standard InChI is InChI=1S/C18H21ClN4O3S/c1-23(2)27(25,26)21-17(24)18(14-8-10-15(19)11-9-14)16(12-20-22-18)13-6-4-3-5-7-13/h3-11,16,20,22H,12H2,1-2H3,(H,21,24). The summed E-state index contributed by atoms with van der Waals surface area (Å²) < 4.78 is 27.7. The normalized spacial score (nSPS) is 22.7. The van der Waals surface area contributed by atoms with Gasteiger partial charge in [-0.1, -0.05) is 54.1 Å². The van der Waals surface area contributed by atoms with Crippen LogP contribution in [0.25, 0.3) is 0 Å². The number of hydrazine groups is 1. The van der Waals surface area contributed by atoms with E-state index < -0.39 is 21.7 Å². The second-order valence-corrected chi connectivity index (χ2v) is 8.82. The second kappa shape index (κ2) is 7.57. The minimum absolute atomic E-state index is 0.336. The maximum absolute atomic E-state index is 13.3. The maximum atomic E-state index is 13.3. The van der Waals surface area contributed by atoms with Crippen LogP contribution in [0.4, 0.5) is 0 Å². The van der Waals surface area contributed by atoms with Gasteiger partial charge in [0.05, 0.1) is 0 Å². The number of halogens is 1. The molecule has 3 N–H and O–H groups in total. The van der Waals surface area contributed by atoms with E-state index in [1.54, 1.807) is 24.3 Å². The van der Waals surface area contributed by atoms with Crippen LogP contribution in [0.2, 0.25) is 5.02 Å². The van der Waals surface area contributed by atoms with Crippen LogP contribution in [0.5, 0.6) is 0 Å². The summed E-state index contributed by atoms with van der Waals surface area (Å²) in [6.45, 7) is 0.446. The SMILES string of the molecule is CN(C)S(=O)(=O)NC(=O)C1(c2ccc(Cl)cc2)NNCC1c1ccccc1. The van der Waals surface area contributed by atoms with Crippen molar-refractivity contribution in [2.75, 3.05) is 20.6 Å². The van der Waals surface area contributed by atoms with Crippen LogP contribution in [0.15, 0.2) is 54.6 Å². The highest BCUT2D eigenvalue weighted by Crippen LogP contribution is 2.40. The third-order valence-electron chi connectivity index (χ3n) is 4.68. The molecule has 2 unspecified atom stereocenters. The number of hydrogen-bond acceptors (Lipinski definition) is 5. The molecule has 0 bridgehead atoms. The second-order valence-electron chi connectivity index (χ2n) is 6.50. The number of carbonyl (C=O) groups is 1. The Bertz CT molecular complexity index is 919. The van der Waals surface area contributed by atoms with Crippen molar-refractivity contribution in [3.05, 3.63) is 70.7 Å². The lowest BCUT2D eigenvalue weighted by Gasteiger charge is -2.34. The molecule has 1 amide bonds. The molecule has 7 nitrogen and oxygen atoms in total. The summed E-state index contributed by atoms with van der Waals surface area (Å²) in [6.07, 6.45) is 0. The Balaban J connectivity index is 2.12. The van der Waals surface area contributed by atoms with Crippen LogP contribution < -0.4 is 15.6 Å². The molecule has 9 heteroatoms. The van der Waals surface area contributed by atoms with Gasteiger partial charge in [-0.15, -0.1) is 0 Å². The molecule has 144 valence electrons. The van der Waals surface area contributed by atoms with Gasteiger partial charge in [0.1, 0.15) is 5.54 Å². The fourth-order valence-electron chi connectivity index (χ4n) is 3.21. The first kappa shape index (κ1) is 19.8. The number of rotatable bonds is 5. The molecule has 0 saturated carbocycles. The van der Waals surface area contributed by atoms with Gasteiger partial charge in [-0.2, -0.15) is 12.7 Å². The molecule has 2 aromatic carbocycles. The lowest BCUT2D eigenvalue weighted by Crippen LogP contribution is -2.57. The largest absolute Gasteiger partial charge is 0.303 e. The minimum Gasteiger partial charge on any atom is -0.271 e. The Morgan fingerprint density at radius 1 is 1.15 bits per heavy atom. The van der Waals surface area contributed by atoms with Gasteiger partial charge in [0.2, 0.25) is 0 Å². The minimum atomic E-state index is -3.95. The predicted molar refractivity (Wildman–Crippen MR) is 104 cm³/mol. The Morgan fingerprint density at radius 2 is 1.78 bits per heavy atom. The third-order valence-corrected chi connectivity index (χ3v) is 6.33. The zero-order valence-corrected chi connectivity index (χ0v) is 16.5. The molecular weight excluding hydrogens is 388 g/mol. The van der Waals surface area contributed by atoms with Gasteiger partial charge < -0.3 is 0 Å². The van der Waals surface area contributed by atoms with Gasteiger partial charge in [0, 0.05) is 31.6 Å². The van der Waals surface area contributed by atoms with E-state index in [0.29, 0.717) is 17.1 Å². The molecule has 0 spiro atoms. The Kier molecular flexibility index (Phi) is 5.55. The lowest BCUT2D eigenvalue weighted by molar-refractivity contribution is -0.126. The summed E-state index contributed by atoms with van der Waals surface area (Å²) in [4.78, 5) is 13.3. The highest BCUT2D eigenvalue weighted by Gasteiger charge is 2.52. The van der Waals surface area contributed by atoms with E-state index in [9.17, 15) is 13.2 Å². The quantitative estimate of drug-likeness (QED) is 0.694. The first-order valence-electron chi connectivity index (χ1n) is 8.33. The molecule has 1 saturated heterocycles. The molecule has 1 fully saturated rings. The Hall–Kier alpha value is -1.97. The van der Waals surface area contributed by atoms with E-state index >= 15 is 0 Å². The van der Waals surface area contributed by atoms with Crippen LogP contribution >= 0.6 is 11.6 Å². The zero-order valence-electron chi connectivity index (χ0n) is 14.9. The van der Waals surface area contributed by atoms with Crippen molar-refractivity contribution in [1.29, 1.82) is 0 Å². The van der Waals surface area contributed by atoms with Gasteiger partial charge in [-0.3, -0.25) is 10.2 Å². The molecule has 1 heterocycles. The number of amides is 1. The first-order chi connectivity index (χ1) is 12.8. The monoisotopic (exact) mass is 408 g/mol. The van der Waals surface area contributed by atoms with Crippen molar-refractivity contribution >= 4 is 27.7 Å². The Morgan fingerprint density at radius 3 is 2.37 bits per heavy atom. The Labute approximate surface area is 163 Å². The van der Waals surface area contributed by atoms with Gasteiger partial charge >= 0.3 is 10.2 Å². The number of nitrogens with one attached hydrogen (secondary N) is 3. The molecule has 0 aromatic heterocycles. The smallest absolute Gasteiger partial charge is 0.271 e. The maximum Gasteiger partial charge on any atom is 0.303 e. The molecule has 0 aliphatic carbocycles. The number of benzene rings is 2. The van der Waals surface area contributed by atoms with E-state index in [1.807, 2.05) is 30.3 Å². The van der Waals surface area contributed by atoms with Crippen molar-refractivity contribution in [3.63, 3.8) is 0 Å². The van der Waals surface area contributed by atoms with Crippen LogP contribution in [0, 0.1) is 0 Å². The van der Waals surface area contributed by atoms with Gasteiger partial charge in [0.15, 0.2) is 0 Å². The number of nitrogens with zero attached hydrogens (tertiary/aromatic N) is 1. The molecule has 2 aromatic rings. The van der Waals surface area contributed by atoms with E-state index in [1.165, 1.54) is 14.1 Å². The molecule has 3 rings (SSSR count). The van der Waals surface area contributed by atoms with Crippen molar-refractivity contribution in [2.45, 2.75) is 11.5 Å². The van der Waals surface area contributed by atoms with E-state index in [2.05, 4.69) is 15.6 Å². The average molecular weight is 409 g/mol. The number of hydrogen-bond donors (Lipinski definition) is 3. The highest BCUT2D eigenvalue weighted by molar-refractivity contribution is 7.87. The van der Waals surface area contributed by atoms with E-state index in [4.69, 9.17) is 11.6 Å². The summed E-state index contributed by atoms with van der Waals surface area (Å²) in [7, 11) is -1.23. The van der Waals surface area contributed by atoms with Gasteiger partial charge in [0.25, 0.3) is 5.91 Å². The summed E-state index contributed by atoms with van der Waals surface area (Å²) in [5.41, 5.74) is 6.24. The van der Waals surface area contributed by atoms with E-state index in [-0.39, 0.29) is 5.92 Å². The van der Waals surface area contributed by atoms with Crippen LogP contribution in [-0.4, -0.2) is 39.3 Å². The van der Waals surface area contributed by atoms with Gasteiger partial charge in [-0.05, 0) is 23.3 Å². The van der Waals surface area contributed by atoms with Crippen molar-refractivity contribution in [1.82, 2.24) is 19.9 Å². The molecule has 0 radical (unpaired) electrons. The molecule has 2 atom stereocenters. The molecule has 27 heavy (non-hydrogen) atoms. The summed E-state index contributed by atoms with van der Waals surface area (Å²) in [5.74, 6) is -1.00. The highest BCUT2D eigenvalue weighted by atomic mass is 35.5. The summed E-state index contributed by atoms with van der Waals surface area (Å²) in [5, 5.41) is 0.525. The van der Waals surface area contributed by atoms with Gasteiger partial charge in [-0.25, -0.2) is 10.1 Å². The van der Waals surface area contributed by atoms with E-state index in [0.717, 1.165) is 9.87 Å². The number of carbonyl (C=O) groups excluding carboxylic acids is 1. The molecular formula is C18H21ClN4O3S. The zero-order chi connectivity index (χ0) is 19.7. The lowest BCUT2D eigenvalue weighted by atomic mass is 9.75. The summed E-state index contributed by atoms with van der Waals surface area (Å²) >= 11 is 6.01. The summed E-state index contributed by atoms with van der Waals surface area (Å²) in [6, 6.07) is 16.3. The fourth-order valence-corrected chi connectivity index (χ4v) is 3.91. The average Bonchev–Trinajstić information content (AvgIpc) is 3.08. The van der Waals surface area contributed by atoms with Crippen LogP contribution in [-0.2, 0) is 20.5 Å². The van der Waals surface area contributed by atoms with Crippen LogP contribution in [0.3, 0.4) is 0 Å². The molecule has 1 aliphatic heterocycles. The van der Waals surface area contributed by atoms with Crippen molar-refractivity contribution in [2.24, 2.45) is 0 Å². The fraction of sp³-hybridized carbons (Fsp3) is 0.278. The first-order valence-corrected chi connectivity index (χ1v) is 10.1. The van der Waals surface area contributed by atoms with Crippen LogP contribution in [0.1, 0.15) is 17.0 Å². The molecule has 1 aliphatic rings. The predicted octanol–water partition coefficient (Wildman–Crippen LogP) is 1.35. The van der Waals surface area contributed by atoms with Crippen molar-refractivity contribution in [3.8, 4) is 0 Å².